The van der Waals surface area contributed by atoms with Crippen LogP contribution in [-0.2, 0) is 11.3 Å². The molecule has 31 heavy (non-hydrogen) atoms. The molecule has 0 fully saturated rings. The summed E-state index contributed by atoms with van der Waals surface area (Å²) in [5, 5.41) is 5.80. The Morgan fingerprint density at radius 3 is 2.55 bits per heavy atom. The van der Waals surface area contributed by atoms with Crippen LogP contribution >= 0.6 is 11.8 Å². The van der Waals surface area contributed by atoms with E-state index in [0.29, 0.717) is 18.6 Å². The minimum absolute atomic E-state index is 0.559. The first kappa shape index (κ1) is 22.1. The fraction of sp³-hybridized carbons (Fsp3) is 0.481. The average molecular weight is 435 g/mol. The van der Waals surface area contributed by atoms with Crippen LogP contribution in [0.1, 0.15) is 69.6 Å². The summed E-state index contributed by atoms with van der Waals surface area (Å²) >= 11 is 1.97. The second kappa shape index (κ2) is 10.5. The Balaban J connectivity index is 1.29. The third-order valence-corrected chi connectivity index (χ3v) is 7.50. The Kier molecular flexibility index (Phi) is 7.49. The van der Waals surface area contributed by atoms with Crippen molar-refractivity contribution in [3.63, 3.8) is 0 Å². The summed E-state index contributed by atoms with van der Waals surface area (Å²) in [5.74, 6) is 1.78. The van der Waals surface area contributed by atoms with Crippen molar-refractivity contribution in [2.24, 2.45) is 16.1 Å². The number of hydrogen-bond acceptors (Lipinski definition) is 4. The van der Waals surface area contributed by atoms with Crippen molar-refractivity contribution in [3.05, 3.63) is 59.2 Å². The molecule has 4 heteroatoms. The highest BCUT2D eigenvalue weighted by atomic mass is 32.2. The van der Waals surface area contributed by atoms with Gasteiger partial charge in [-0.25, -0.2) is 0 Å². The SMILES string of the molecule is CCO/N=C1/c2ccccc2-c2ccc(CCCCCCC3CSC(C(C)C)=N3)cc21. The summed E-state index contributed by atoms with van der Waals surface area (Å²) in [4.78, 5) is 10.3. The molecular weight excluding hydrogens is 400 g/mol. The fourth-order valence-corrected chi connectivity index (χ4v) is 5.60. The van der Waals surface area contributed by atoms with E-state index in [4.69, 9.17) is 9.83 Å². The molecule has 0 radical (unpaired) electrons. The normalized spacial score (nSPS) is 18.4. The van der Waals surface area contributed by atoms with Crippen LogP contribution in [-0.4, -0.2) is 29.2 Å². The molecule has 1 aliphatic carbocycles. The Morgan fingerprint density at radius 1 is 1.00 bits per heavy atom. The lowest BCUT2D eigenvalue weighted by Gasteiger charge is -2.07. The molecular formula is C27H34N2OS. The van der Waals surface area contributed by atoms with Gasteiger partial charge in [0, 0.05) is 22.8 Å². The number of oxime groups is 1. The van der Waals surface area contributed by atoms with Gasteiger partial charge in [-0.05, 0) is 48.9 Å². The van der Waals surface area contributed by atoms with Gasteiger partial charge in [0.2, 0.25) is 0 Å². The summed E-state index contributed by atoms with van der Waals surface area (Å²) in [7, 11) is 0. The number of benzene rings is 2. The van der Waals surface area contributed by atoms with Crippen LogP contribution < -0.4 is 0 Å². The maximum absolute atomic E-state index is 5.44. The zero-order valence-electron chi connectivity index (χ0n) is 19.1. The first-order valence-corrected chi connectivity index (χ1v) is 12.8. The molecule has 0 N–H and O–H groups in total. The third kappa shape index (κ3) is 5.23. The van der Waals surface area contributed by atoms with Crippen LogP contribution in [0.2, 0.25) is 0 Å². The van der Waals surface area contributed by atoms with Crippen LogP contribution in [0.5, 0.6) is 0 Å². The van der Waals surface area contributed by atoms with Crippen LogP contribution in [0, 0.1) is 5.92 Å². The van der Waals surface area contributed by atoms with Crippen molar-refractivity contribution >= 4 is 22.5 Å². The molecule has 4 rings (SSSR count). The van der Waals surface area contributed by atoms with E-state index in [1.54, 1.807) is 0 Å². The quantitative estimate of drug-likeness (QED) is 0.251. The number of nitrogens with zero attached hydrogens (tertiary/aromatic N) is 2. The van der Waals surface area contributed by atoms with E-state index in [9.17, 15) is 0 Å². The van der Waals surface area contributed by atoms with E-state index in [2.05, 4.69) is 61.5 Å². The zero-order chi connectivity index (χ0) is 21.6. The highest BCUT2D eigenvalue weighted by molar-refractivity contribution is 8.14. The second-order valence-electron chi connectivity index (χ2n) is 8.82. The van der Waals surface area contributed by atoms with Gasteiger partial charge in [-0.1, -0.05) is 74.7 Å². The molecule has 2 aliphatic rings. The van der Waals surface area contributed by atoms with Gasteiger partial charge in [0.05, 0.1) is 11.1 Å². The van der Waals surface area contributed by atoms with Crippen LogP contribution in [0.3, 0.4) is 0 Å². The Morgan fingerprint density at radius 2 is 1.77 bits per heavy atom. The highest BCUT2D eigenvalue weighted by Gasteiger charge is 2.25. The first-order chi connectivity index (χ1) is 15.2. The number of hydrogen-bond donors (Lipinski definition) is 0. The maximum Gasteiger partial charge on any atom is 0.118 e. The summed E-state index contributed by atoms with van der Waals surface area (Å²) in [6.07, 6.45) is 7.51. The minimum atomic E-state index is 0.559. The topological polar surface area (TPSA) is 34.0 Å². The lowest BCUT2D eigenvalue weighted by atomic mass is 9.99. The summed E-state index contributed by atoms with van der Waals surface area (Å²) in [6.45, 7) is 7.06. The molecule has 1 atom stereocenters. The number of thioether (sulfide) groups is 1. The number of fused-ring (bicyclic) bond motifs is 3. The summed E-state index contributed by atoms with van der Waals surface area (Å²) in [6, 6.07) is 15.9. The second-order valence-corrected chi connectivity index (χ2v) is 9.86. The molecule has 1 heterocycles. The molecule has 1 unspecified atom stereocenters. The van der Waals surface area contributed by atoms with E-state index < -0.39 is 0 Å². The van der Waals surface area contributed by atoms with E-state index >= 15 is 0 Å². The van der Waals surface area contributed by atoms with Crippen molar-refractivity contribution in [2.45, 2.75) is 65.3 Å². The third-order valence-electron chi connectivity index (χ3n) is 6.08. The van der Waals surface area contributed by atoms with E-state index in [-0.39, 0.29) is 0 Å². The van der Waals surface area contributed by atoms with Gasteiger partial charge in [-0.15, -0.1) is 11.8 Å². The van der Waals surface area contributed by atoms with E-state index in [1.807, 2.05) is 18.7 Å². The molecule has 0 spiro atoms. The molecule has 0 amide bonds. The van der Waals surface area contributed by atoms with Gasteiger partial charge in [0.1, 0.15) is 12.3 Å². The molecule has 2 aromatic carbocycles. The average Bonchev–Trinajstić information content (AvgIpc) is 3.37. The molecule has 2 aromatic rings. The largest absolute Gasteiger partial charge is 0.396 e. The minimum Gasteiger partial charge on any atom is -0.396 e. The Labute approximate surface area is 191 Å². The van der Waals surface area contributed by atoms with E-state index in [1.165, 1.54) is 70.7 Å². The summed E-state index contributed by atoms with van der Waals surface area (Å²) in [5.41, 5.74) is 7.30. The van der Waals surface area contributed by atoms with Crippen molar-refractivity contribution in [3.8, 4) is 11.1 Å². The smallest absolute Gasteiger partial charge is 0.118 e. The van der Waals surface area contributed by atoms with E-state index in [0.717, 1.165) is 12.1 Å². The summed E-state index contributed by atoms with van der Waals surface area (Å²) < 4.78 is 0. The predicted octanol–water partition coefficient (Wildman–Crippen LogP) is 7.12. The number of aliphatic imine (C=N–C) groups is 1. The number of rotatable bonds is 10. The van der Waals surface area contributed by atoms with Crippen LogP contribution in [0.4, 0.5) is 0 Å². The van der Waals surface area contributed by atoms with Gasteiger partial charge in [0.15, 0.2) is 0 Å². The Bertz CT molecular complexity index is 963. The fourth-order valence-electron chi connectivity index (χ4n) is 4.44. The molecule has 0 saturated carbocycles. The molecule has 3 nitrogen and oxygen atoms in total. The van der Waals surface area contributed by atoms with Gasteiger partial charge in [0.25, 0.3) is 0 Å². The Hall–Kier alpha value is -2.07. The van der Waals surface area contributed by atoms with Crippen LogP contribution in [0.25, 0.3) is 11.1 Å². The highest BCUT2D eigenvalue weighted by Crippen LogP contribution is 2.37. The lowest BCUT2D eigenvalue weighted by molar-refractivity contribution is 0.159. The molecule has 1 aliphatic heterocycles. The van der Waals surface area contributed by atoms with Gasteiger partial charge >= 0.3 is 0 Å². The number of unbranched alkanes of at least 4 members (excludes halogenated alkanes) is 3. The number of aryl methyl sites for hydroxylation is 1. The van der Waals surface area contributed by atoms with Crippen molar-refractivity contribution < 1.29 is 4.84 Å². The molecule has 0 aromatic heterocycles. The zero-order valence-corrected chi connectivity index (χ0v) is 19.9. The molecule has 0 bridgehead atoms. The maximum atomic E-state index is 5.44. The monoisotopic (exact) mass is 434 g/mol. The van der Waals surface area contributed by atoms with Crippen molar-refractivity contribution in [1.82, 2.24) is 0 Å². The predicted molar refractivity (Wildman–Crippen MR) is 134 cm³/mol. The first-order valence-electron chi connectivity index (χ1n) is 11.8. The van der Waals surface area contributed by atoms with Crippen molar-refractivity contribution in [2.75, 3.05) is 12.4 Å². The van der Waals surface area contributed by atoms with Crippen LogP contribution in [0.15, 0.2) is 52.6 Å². The van der Waals surface area contributed by atoms with Gasteiger partial charge in [-0.3, -0.25) is 4.99 Å². The standard InChI is InChI=1S/C27H34N2OS/c1-4-30-29-26-24-14-10-9-13-22(24)23-16-15-20(17-25(23)26)11-7-5-6-8-12-21-18-31-27(28-21)19(2)3/h9-10,13-17,19,21H,4-8,11-12,18H2,1-3H3/b29-26-. The lowest BCUT2D eigenvalue weighted by Crippen LogP contribution is -2.03. The van der Waals surface area contributed by atoms with Gasteiger partial charge < -0.3 is 4.84 Å². The van der Waals surface area contributed by atoms with Crippen molar-refractivity contribution in [1.29, 1.82) is 0 Å². The van der Waals surface area contributed by atoms with Gasteiger partial charge in [-0.2, -0.15) is 0 Å². The molecule has 164 valence electrons. The molecule has 0 saturated heterocycles.